The van der Waals surface area contributed by atoms with Crippen molar-refractivity contribution in [2.45, 2.75) is 65.1 Å². The number of rotatable bonds is 12. The first kappa shape index (κ1) is 24.9. The molecule has 30 heavy (non-hydrogen) atoms. The summed E-state index contributed by atoms with van der Waals surface area (Å²) < 4.78 is 0. The van der Waals surface area contributed by atoms with Gasteiger partial charge in [-0.2, -0.15) is 0 Å². The molecule has 3 atom stereocenters. The summed E-state index contributed by atoms with van der Waals surface area (Å²) in [5.41, 5.74) is 6.10. The molecule has 3 amide bonds. The molecule has 166 valence electrons. The summed E-state index contributed by atoms with van der Waals surface area (Å²) in [6.45, 7) is 7.51. The lowest BCUT2D eigenvalue weighted by Gasteiger charge is -2.25. The van der Waals surface area contributed by atoms with E-state index in [-0.39, 0.29) is 24.8 Å². The zero-order valence-electron chi connectivity index (χ0n) is 17.9. The summed E-state index contributed by atoms with van der Waals surface area (Å²) in [6, 6.07) is 4.91. The molecule has 0 saturated carbocycles. The second-order valence-corrected chi connectivity index (χ2v) is 7.60. The van der Waals surface area contributed by atoms with E-state index in [1.807, 2.05) is 19.9 Å². The molecular weight excluding hydrogens is 388 g/mol. The number of para-hydroxylation sites is 1. The third-order valence-electron chi connectivity index (χ3n) is 4.72. The molecule has 0 aliphatic rings. The number of hydrogen-bond acceptors (Lipinski definition) is 5. The second-order valence-electron chi connectivity index (χ2n) is 7.60. The summed E-state index contributed by atoms with van der Waals surface area (Å²) in [5.74, 6) is -3.31. The van der Waals surface area contributed by atoms with Crippen molar-refractivity contribution in [3.8, 4) is 0 Å². The van der Waals surface area contributed by atoms with Crippen molar-refractivity contribution < 1.29 is 24.3 Å². The van der Waals surface area contributed by atoms with Crippen LogP contribution < -0.4 is 21.7 Å². The maximum absolute atomic E-state index is 12.9. The van der Waals surface area contributed by atoms with Crippen LogP contribution >= 0.6 is 0 Å². The molecule has 6 N–H and O–H groups in total. The quantitative estimate of drug-likeness (QED) is 0.346. The Balaban J connectivity index is 2.96. The Bertz CT molecular complexity index is 766. The van der Waals surface area contributed by atoms with Crippen molar-refractivity contribution in [3.05, 3.63) is 29.8 Å². The van der Waals surface area contributed by atoms with Crippen LogP contribution in [0.5, 0.6) is 0 Å². The van der Waals surface area contributed by atoms with E-state index in [0.29, 0.717) is 11.3 Å². The third kappa shape index (κ3) is 7.73. The number of carboxylic acids is 1. The number of nitrogens with one attached hydrogen (secondary N) is 3. The van der Waals surface area contributed by atoms with E-state index in [2.05, 4.69) is 16.0 Å². The Morgan fingerprint density at radius 3 is 2.23 bits per heavy atom. The van der Waals surface area contributed by atoms with Crippen LogP contribution in [0.4, 0.5) is 5.69 Å². The van der Waals surface area contributed by atoms with Crippen molar-refractivity contribution in [3.63, 3.8) is 0 Å². The average Bonchev–Trinajstić information content (AvgIpc) is 2.68. The summed E-state index contributed by atoms with van der Waals surface area (Å²) in [4.78, 5) is 47.9. The fourth-order valence-corrected chi connectivity index (χ4v) is 2.73. The fourth-order valence-electron chi connectivity index (χ4n) is 2.73. The van der Waals surface area contributed by atoms with E-state index in [9.17, 15) is 24.3 Å². The van der Waals surface area contributed by atoms with E-state index in [0.717, 1.165) is 6.42 Å². The van der Waals surface area contributed by atoms with Crippen LogP contribution in [-0.4, -0.2) is 46.9 Å². The first-order valence-corrected chi connectivity index (χ1v) is 10.0. The molecule has 0 radical (unpaired) electrons. The van der Waals surface area contributed by atoms with Gasteiger partial charge < -0.3 is 26.8 Å². The van der Waals surface area contributed by atoms with Crippen LogP contribution in [0.15, 0.2) is 24.3 Å². The smallest absolute Gasteiger partial charge is 0.326 e. The number of anilines is 1. The highest BCUT2D eigenvalue weighted by Gasteiger charge is 2.29. The standard InChI is InChI=1S/C21H32N4O5/c1-5-13(4)23-15-9-7-6-8-14(15)19(27)25-18(12(2)3)20(28)24-16(21(29)30)10-11-17(22)26/h6-9,12-13,16,18,23H,5,10-11H2,1-4H3,(H2,22,26)(H,24,28)(H,25,27)(H,29,30)/t13?,16-,18-/m0/s1. The monoisotopic (exact) mass is 420 g/mol. The summed E-state index contributed by atoms with van der Waals surface area (Å²) in [6.07, 6.45) is 0.566. The average molecular weight is 421 g/mol. The van der Waals surface area contributed by atoms with Gasteiger partial charge in [-0.1, -0.05) is 32.9 Å². The van der Waals surface area contributed by atoms with Gasteiger partial charge in [-0.15, -0.1) is 0 Å². The minimum Gasteiger partial charge on any atom is -0.480 e. The first-order chi connectivity index (χ1) is 14.1. The number of aliphatic carboxylic acids is 1. The Morgan fingerprint density at radius 1 is 1.07 bits per heavy atom. The van der Waals surface area contributed by atoms with Crippen LogP contribution in [0, 0.1) is 5.92 Å². The van der Waals surface area contributed by atoms with Crippen molar-refractivity contribution in [2.75, 3.05) is 5.32 Å². The SMILES string of the molecule is CCC(C)Nc1ccccc1C(=O)N[C@H](C(=O)N[C@@H](CCC(N)=O)C(=O)O)C(C)C. The lowest BCUT2D eigenvalue weighted by molar-refractivity contribution is -0.142. The molecule has 0 aromatic heterocycles. The first-order valence-electron chi connectivity index (χ1n) is 10.0. The normalized spacial score (nSPS) is 13.8. The molecule has 1 aromatic carbocycles. The second kappa shape index (κ2) is 11.8. The molecule has 1 unspecified atom stereocenters. The highest BCUT2D eigenvalue weighted by molar-refractivity contribution is 6.02. The fraction of sp³-hybridized carbons (Fsp3) is 0.524. The summed E-state index contributed by atoms with van der Waals surface area (Å²) in [7, 11) is 0. The Hall–Kier alpha value is -3.10. The summed E-state index contributed by atoms with van der Waals surface area (Å²) >= 11 is 0. The van der Waals surface area contributed by atoms with Crippen LogP contribution in [0.3, 0.4) is 0 Å². The molecular formula is C21H32N4O5. The van der Waals surface area contributed by atoms with Gasteiger partial charge in [0.1, 0.15) is 12.1 Å². The number of carbonyl (C=O) groups excluding carboxylic acids is 3. The maximum Gasteiger partial charge on any atom is 0.326 e. The van der Waals surface area contributed by atoms with Gasteiger partial charge in [0, 0.05) is 18.2 Å². The lowest BCUT2D eigenvalue weighted by atomic mass is 10.0. The zero-order valence-corrected chi connectivity index (χ0v) is 17.9. The highest BCUT2D eigenvalue weighted by Crippen LogP contribution is 2.17. The molecule has 0 aliphatic heterocycles. The van der Waals surface area contributed by atoms with Gasteiger partial charge in [0.05, 0.1) is 5.56 Å². The van der Waals surface area contributed by atoms with Gasteiger partial charge in [0.2, 0.25) is 11.8 Å². The van der Waals surface area contributed by atoms with Gasteiger partial charge in [-0.3, -0.25) is 14.4 Å². The number of carbonyl (C=O) groups is 4. The molecule has 0 saturated heterocycles. The topological polar surface area (TPSA) is 151 Å². The van der Waals surface area contributed by atoms with Crippen LogP contribution in [0.25, 0.3) is 0 Å². The number of amides is 3. The number of carboxylic acid groups (broad SMARTS) is 1. The van der Waals surface area contributed by atoms with Gasteiger partial charge in [-0.05, 0) is 37.8 Å². The van der Waals surface area contributed by atoms with E-state index in [1.54, 1.807) is 32.0 Å². The van der Waals surface area contributed by atoms with Gasteiger partial charge in [-0.25, -0.2) is 4.79 Å². The van der Waals surface area contributed by atoms with Crippen LogP contribution in [0.1, 0.15) is 57.3 Å². The van der Waals surface area contributed by atoms with Gasteiger partial charge in [0.15, 0.2) is 0 Å². The van der Waals surface area contributed by atoms with Crippen molar-refractivity contribution in [1.29, 1.82) is 0 Å². The molecule has 0 bridgehead atoms. The summed E-state index contributed by atoms with van der Waals surface area (Å²) in [5, 5.41) is 17.6. The molecule has 1 aromatic rings. The molecule has 9 heteroatoms. The Morgan fingerprint density at radius 2 is 1.70 bits per heavy atom. The number of primary amides is 1. The van der Waals surface area contributed by atoms with Crippen LogP contribution in [0.2, 0.25) is 0 Å². The molecule has 0 aliphatic carbocycles. The van der Waals surface area contributed by atoms with E-state index in [1.165, 1.54) is 0 Å². The highest BCUT2D eigenvalue weighted by atomic mass is 16.4. The Labute approximate surface area is 176 Å². The Kier molecular flexibility index (Phi) is 9.80. The molecule has 0 spiro atoms. The number of hydrogen-bond donors (Lipinski definition) is 5. The van der Waals surface area contributed by atoms with Crippen LogP contribution in [-0.2, 0) is 14.4 Å². The zero-order chi connectivity index (χ0) is 22.8. The molecule has 1 rings (SSSR count). The third-order valence-corrected chi connectivity index (χ3v) is 4.72. The van der Waals surface area contributed by atoms with Gasteiger partial charge in [0.25, 0.3) is 5.91 Å². The predicted octanol–water partition coefficient (Wildman–Crippen LogP) is 1.49. The molecule has 0 fully saturated rings. The lowest BCUT2D eigenvalue weighted by Crippen LogP contribution is -2.53. The van der Waals surface area contributed by atoms with Gasteiger partial charge >= 0.3 is 5.97 Å². The van der Waals surface area contributed by atoms with Crippen molar-refractivity contribution in [1.82, 2.24) is 10.6 Å². The molecule has 0 heterocycles. The van der Waals surface area contributed by atoms with Crippen molar-refractivity contribution in [2.24, 2.45) is 11.7 Å². The van der Waals surface area contributed by atoms with E-state index in [4.69, 9.17) is 5.73 Å². The molecule has 9 nitrogen and oxygen atoms in total. The maximum atomic E-state index is 12.9. The minimum absolute atomic E-state index is 0.128. The van der Waals surface area contributed by atoms with E-state index >= 15 is 0 Å². The van der Waals surface area contributed by atoms with E-state index < -0.39 is 35.8 Å². The van der Waals surface area contributed by atoms with Crippen molar-refractivity contribution >= 4 is 29.4 Å². The predicted molar refractivity (Wildman–Crippen MR) is 114 cm³/mol. The number of benzene rings is 1. The minimum atomic E-state index is -1.28. The number of nitrogens with two attached hydrogens (primary N) is 1. The largest absolute Gasteiger partial charge is 0.480 e.